The predicted molar refractivity (Wildman–Crippen MR) is 54.4 cm³/mol. The molecule has 0 spiro atoms. The van der Waals surface area contributed by atoms with Crippen LogP contribution in [0.25, 0.3) is 0 Å². The highest BCUT2D eigenvalue weighted by molar-refractivity contribution is 5.72. The van der Waals surface area contributed by atoms with E-state index in [0.29, 0.717) is 0 Å². The van der Waals surface area contributed by atoms with E-state index < -0.39 is 16.9 Å². The number of carbonyl (C=O) groups is 1. The van der Waals surface area contributed by atoms with Gasteiger partial charge in [0.05, 0.1) is 4.92 Å². The number of rotatable bonds is 2. The van der Waals surface area contributed by atoms with Crippen LogP contribution in [0.3, 0.4) is 0 Å². The zero-order valence-electron chi connectivity index (χ0n) is 8.16. The van der Waals surface area contributed by atoms with Gasteiger partial charge in [-0.3, -0.25) is 14.9 Å². The molecule has 15 heavy (non-hydrogen) atoms. The molecule has 82 valence electrons. The quantitative estimate of drug-likeness (QED) is 0.562. The van der Waals surface area contributed by atoms with Crippen LogP contribution in [0.15, 0.2) is 30.3 Å². The van der Waals surface area contributed by atoms with Gasteiger partial charge in [-0.25, -0.2) is 0 Å². The van der Waals surface area contributed by atoms with Crippen molar-refractivity contribution in [2.75, 3.05) is 0 Å². The van der Waals surface area contributed by atoms with Crippen molar-refractivity contribution in [3.05, 3.63) is 40.4 Å². The summed E-state index contributed by atoms with van der Waals surface area (Å²) in [5, 5.41) is 17.9. The molecule has 6 nitrogen and oxygen atoms in total. The second-order valence-electron chi connectivity index (χ2n) is 2.72. The van der Waals surface area contributed by atoms with E-state index in [1.54, 1.807) is 18.2 Å². The summed E-state index contributed by atoms with van der Waals surface area (Å²) < 4.78 is 0. The Morgan fingerprint density at radius 2 is 1.87 bits per heavy atom. The van der Waals surface area contributed by atoms with Crippen molar-refractivity contribution in [2.24, 2.45) is 5.73 Å². The van der Waals surface area contributed by atoms with E-state index in [9.17, 15) is 14.9 Å². The summed E-state index contributed by atoms with van der Waals surface area (Å²) in [5.41, 5.74) is 4.97. The van der Waals surface area contributed by atoms with Gasteiger partial charge in [-0.2, -0.15) is 0 Å². The Kier molecular flexibility index (Phi) is 5.65. The summed E-state index contributed by atoms with van der Waals surface area (Å²) in [6, 6.07) is 7.20. The Morgan fingerprint density at radius 1 is 1.47 bits per heavy atom. The minimum atomic E-state index is -0.963. The highest BCUT2D eigenvalue weighted by Gasteiger charge is 1.99. The molecule has 0 radical (unpaired) electrons. The van der Waals surface area contributed by atoms with Crippen LogP contribution in [-0.4, -0.2) is 22.0 Å². The largest absolute Gasteiger partial charge is 0.480 e. The second-order valence-corrected chi connectivity index (χ2v) is 2.72. The third kappa shape index (κ3) is 6.17. The maximum absolute atomic E-state index is 10.0. The molecule has 6 heteroatoms. The molecule has 0 saturated carbocycles. The van der Waals surface area contributed by atoms with Crippen LogP contribution in [0.1, 0.15) is 6.92 Å². The normalized spacial score (nSPS) is 10.8. The molecule has 0 saturated heterocycles. The number of hydrogen-bond donors (Lipinski definition) is 2. The van der Waals surface area contributed by atoms with Crippen molar-refractivity contribution >= 4 is 11.7 Å². The smallest absolute Gasteiger partial charge is 0.320 e. The fourth-order valence-electron chi connectivity index (χ4n) is 0.550. The molecule has 1 rings (SSSR count). The van der Waals surface area contributed by atoms with E-state index in [4.69, 9.17) is 10.8 Å². The van der Waals surface area contributed by atoms with Crippen LogP contribution in [0, 0.1) is 10.1 Å². The lowest BCUT2D eigenvalue weighted by atomic mass is 10.3. The fraction of sp³-hybridized carbons (Fsp3) is 0.222. The van der Waals surface area contributed by atoms with Gasteiger partial charge in [0, 0.05) is 12.1 Å². The molecule has 1 aromatic carbocycles. The number of para-hydroxylation sites is 1. The van der Waals surface area contributed by atoms with Crippen molar-refractivity contribution < 1.29 is 14.8 Å². The third-order valence-corrected chi connectivity index (χ3v) is 1.36. The molecule has 0 aliphatic rings. The number of nitrogens with two attached hydrogens (primary N) is 1. The van der Waals surface area contributed by atoms with Gasteiger partial charge in [-0.1, -0.05) is 18.2 Å². The topological polar surface area (TPSA) is 106 Å². The minimum Gasteiger partial charge on any atom is -0.480 e. The molecule has 0 amide bonds. The minimum absolute atomic E-state index is 0.137. The van der Waals surface area contributed by atoms with Crippen LogP contribution >= 0.6 is 0 Å². The first kappa shape index (κ1) is 13.1. The number of benzene rings is 1. The third-order valence-electron chi connectivity index (χ3n) is 1.36. The van der Waals surface area contributed by atoms with Crippen LogP contribution in [0.5, 0.6) is 0 Å². The molecule has 0 aliphatic heterocycles. The Labute approximate surface area is 86.5 Å². The van der Waals surface area contributed by atoms with Gasteiger partial charge >= 0.3 is 5.97 Å². The summed E-state index contributed by atoms with van der Waals surface area (Å²) in [7, 11) is 0. The van der Waals surface area contributed by atoms with Gasteiger partial charge in [-0.15, -0.1) is 0 Å². The average Bonchev–Trinajstić information content (AvgIpc) is 2.20. The average molecular weight is 212 g/mol. The SMILES string of the molecule is CC(N)C(=O)O.O=[N+]([O-])c1ccccc1. The van der Waals surface area contributed by atoms with Gasteiger partial charge in [0.15, 0.2) is 0 Å². The van der Waals surface area contributed by atoms with E-state index in [0.717, 1.165) is 0 Å². The van der Waals surface area contributed by atoms with Crippen LogP contribution in [0.4, 0.5) is 5.69 Å². The number of nitrogens with zero attached hydrogens (tertiary/aromatic N) is 1. The van der Waals surface area contributed by atoms with Gasteiger partial charge in [0.1, 0.15) is 6.04 Å². The van der Waals surface area contributed by atoms with Crippen molar-refractivity contribution in [3.63, 3.8) is 0 Å². The van der Waals surface area contributed by atoms with Crippen molar-refractivity contribution in [1.29, 1.82) is 0 Å². The molecular weight excluding hydrogens is 200 g/mol. The zero-order chi connectivity index (χ0) is 11.8. The Hall–Kier alpha value is -1.95. The van der Waals surface area contributed by atoms with Gasteiger partial charge in [0.25, 0.3) is 5.69 Å². The first-order valence-electron chi connectivity index (χ1n) is 4.13. The first-order chi connectivity index (χ1) is 6.95. The number of hydrogen-bond acceptors (Lipinski definition) is 4. The fourth-order valence-corrected chi connectivity index (χ4v) is 0.550. The second kappa shape index (κ2) is 6.50. The monoisotopic (exact) mass is 212 g/mol. The number of carboxylic acids is 1. The van der Waals surface area contributed by atoms with E-state index in [1.165, 1.54) is 19.1 Å². The molecule has 3 N–H and O–H groups in total. The Morgan fingerprint density at radius 3 is 2.07 bits per heavy atom. The molecule has 0 aliphatic carbocycles. The maximum atomic E-state index is 10.0. The summed E-state index contributed by atoms with van der Waals surface area (Å²) in [5.74, 6) is -0.963. The van der Waals surface area contributed by atoms with Crippen LogP contribution in [0.2, 0.25) is 0 Å². The van der Waals surface area contributed by atoms with E-state index in [1.807, 2.05) is 0 Å². The first-order valence-corrected chi connectivity index (χ1v) is 4.13. The summed E-state index contributed by atoms with van der Waals surface area (Å²) in [6.45, 7) is 1.42. The Balaban J connectivity index is 0.000000288. The molecule has 0 fully saturated rings. The highest BCUT2D eigenvalue weighted by atomic mass is 16.6. The van der Waals surface area contributed by atoms with Crippen molar-refractivity contribution in [1.82, 2.24) is 0 Å². The van der Waals surface area contributed by atoms with Gasteiger partial charge in [0.2, 0.25) is 0 Å². The Bertz CT molecular complexity index is 324. The van der Waals surface area contributed by atoms with E-state index in [-0.39, 0.29) is 5.69 Å². The van der Waals surface area contributed by atoms with Crippen molar-refractivity contribution in [2.45, 2.75) is 13.0 Å². The molecule has 1 aromatic rings. The van der Waals surface area contributed by atoms with E-state index >= 15 is 0 Å². The number of aliphatic carboxylic acids is 1. The zero-order valence-corrected chi connectivity index (χ0v) is 8.16. The number of nitro groups is 1. The van der Waals surface area contributed by atoms with Crippen LogP contribution in [-0.2, 0) is 4.79 Å². The lowest BCUT2D eigenvalue weighted by Gasteiger charge is -1.90. The van der Waals surface area contributed by atoms with Crippen molar-refractivity contribution in [3.8, 4) is 0 Å². The van der Waals surface area contributed by atoms with Gasteiger partial charge < -0.3 is 10.8 Å². The predicted octanol–water partition coefficient (Wildman–Crippen LogP) is 1.01. The molecular formula is C9H12N2O4. The number of carboxylic acid groups (broad SMARTS) is 1. The molecule has 0 bridgehead atoms. The molecule has 0 aromatic heterocycles. The lowest BCUT2D eigenvalue weighted by molar-refractivity contribution is -0.384. The standard InChI is InChI=1S/C6H5NO2.C3H7NO2/c8-7(9)6-4-2-1-3-5-6;1-2(4)3(5)6/h1-5H;2H,4H2,1H3,(H,5,6). The highest BCUT2D eigenvalue weighted by Crippen LogP contribution is 2.06. The summed E-state index contributed by atoms with van der Waals surface area (Å²) in [6.07, 6.45) is 0. The molecule has 1 atom stereocenters. The lowest BCUT2D eigenvalue weighted by Crippen LogP contribution is -2.25. The molecule has 0 heterocycles. The number of nitro benzene ring substituents is 1. The van der Waals surface area contributed by atoms with Crippen LogP contribution < -0.4 is 5.73 Å². The summed E-state index contributed by atoms with van der Waals surface area (Å²) >= 11 is 0. The summed E-state index contributed by atoms with van der Waals surface area (Å²) in [4.78, 5) is 19.2. The molecule has 1 unspecified atom stereocenters. The van der Waals surface area contributed by atoms with E-state index in [2.05, 4.69) is 0 Å². The van der Waals surface area contributed by atoms with Gasteiger partial charge in [-0.05, 0) is 6.92 Å². The maximum Gasteiger partial charge on any atom is 0.320 e. The number of non-ortho nitro benzene ring substituents is 1.